The van der Waals surface area contributed by atoms with Crippen molar-refractivity contribution >= 4 is 17.9 Å². The van der Waals surface area contributed by atoms with Crippen molar-refractivity contribution in [1.29, 1.82) is 0 Å². The molecule has 0 saturated heterocycles. The van der Waals surface area contributed by atoms with Gasteiger partial charge in [-0.1, -0.05) is 230 Å². The van der Waals surface area contributed by atoms with Gasteiger partial charge < -0.3 is 28.6 Å². The highest BCUT2D eigenvalue weighted by Crippen LogP contribution is 2.17. The van der Waals surface area contributed by atoms with Crippen molar-refractivity contribution in [3.63, 3.8) is 0 Å². The number of unbranched alkanes of at least 4 members (excludes halogenated alkanes) is 31. The van der Waals surface area contributed by atoms with Crippen LogP contribution in [0.3, 0.4) is 0 Å². The van der Waals surface area contributed by atoms with E-state index in [9.17, 15) is 19.5 Å². The van der Waals surface area contributed by atoms with Crippen LogP contribution in [0, 0.1) is 0 Å². The first-order valence-corrected chi connectivity index (χ1v) is 28.0. The molecule has 0 aliphatic carbocycles. The molecule has 0 aromatic carbocycles. The lowest BCUT2D eigenvalue weighted by Crippen LogP contribution is -2.55. The number of allylic oxidation sites excluding steroid dienone is 6. The lowest BCUT2D eigenvalue weighted by Gasteiger charge is -2.34. The molecule has 0 heterocycles. The fourth-order valence-electron chi connectivity index (χ4n) is 8.43. The minimum Gasteiger partial charge on any atom is -0.544 e. The number of esters is 2. The molecule has 2 unspecified atom stereocenters. The number of ether oxygens (including phenoxy) is 3. The summed E-state index contributed by atoms with van der Waals surface area (Å²) in [5.74, 6) is -1.72. The van der Waals surface area contributed by atoms with Crippen LogP contribution in [0.5, 0.6) is 0 Å². The van der Waals surface area contributed by atoms with Gasteiger partial charge in [0.25, 0.3) is 0 Å². The molecule has 0 fully saturated rings. The Kier molecular flexibility index (Phi) is 47.2. The topological polar surface area (TPSA) is 102 Å². The summed E-state index contributed by atoms with van der Waals surface area (Å²) in [5, 5.41) is 11.7. The van der Waals surface area contributed by atoms with Crippen LogP contribution >= 0.6 is 0 Å². The molecule has 8 heteroatoms. The maximum atomic E-state index is 12.8. The number of carbonyl (C=O) groups excluding carboxylic acids is 3. The maximum absolute atomic E-state index is 12.8. The summed E-state index contributed by atoms with van der Waals surface area (Å²) in [6, 6.07) is -0.726. The van der Waals surface area contributed by atoms with Crippen LogP contribution in [0.4, 0.5) is 0 Å². The molecule has 2 atom stereocenters. The van der Waals surface area contributed by atoms with E-state index in [0.29, 0.717) is 12.8 Å². The Balaban J connectivity index is 4.18. The molecule has 0 rings (SSSR count). The number of carbonyl (C=O) groups is 3. The molecule has 0 spiro atoms. The Morgan fingerprint density at radius 2 is 0.803 bits per heavy atom. The highest BCUT2D eigenvalue weighted by molar-refractivity contribution is 5.70. The van der Waals surface area contributed by atoms with Gasteiger partial charge in [-0.05, 0) is 51.4 Å². The summed E-state index contributed by atoms with van der Waals surface area (Å²) in [6.07, 6.45) is 58.9. The van der Waals surface area contributed by atoms with E-state index in [1.54, 1.807) is 0 Å². The van der Waals surface area contributed by atoms with Gasteiger partial charge in [0.2, 0.25) is 0 Å². The number of likely N-dealkylation sites (N-methyl/N-ethyl adjacent to an activating group) is 1. The van der Waals surface area contributed by atoms with Gasteiger partial charge in [0.15, 0.2) is 6.10 Å². The van der Waals surface area contributed by atoms with Gasteiger partial charge in [0, 0.05) is 19.3 Å². The molecule has 0 aliphatic heterocycles. The predicted octanol–water partition coefficient (Wildman–Crippen LogP) is 15.2. The Labute approximate surface area is 408 Å². The third-order valence-corrected chi connectivity index (χ3v) is 12.8. The van der Waals surface area contributed by atoms with Gasteiger partial charge in [0.1, 0.15) is 12.6 Å². The van der Waals surface area contributed by atoms with E-state index in [4.69, 9.17) is 14.2 Å². The fraction of sp³-hybridized carbons (Fsp3) is 0.845. The Morgan fingerprint density at radius 3 is 1.21 bits per heavy atom. The van der Waals surface area contributed by atoms with Crippen LogP contribution in [0.1, 0.15) is 264 Å². The number of quaternary nitrogens is 1. The highest BCUT2D eigenvalue weighted by atomic mass is 16.6. The highest BCUT2D eigenvalue weighted by Gasteiger charge is 2.25. The van der Waals surface area contributed by atoms with Gasteiger partial charge in [-0.15, -0.1) is 0 Å². The van der Waals surface area contributed by atoms with Crippen molar-refractivity contribution in [3.8, 4) is 0 Å². The third-order valence-electron chi connectivity index (χ3n) is 12.8. The first-order chi connectivity index (χ1) is 32.1. The smallest absolute Gasteiger partial charge is 0.306 e. The van der Waals surface area contributed by atoms with Gasteiger partial charge >= 0.3 is 11.9 Å². The van der Waals surface area contributed by atoms with Crippen LogP contribution in [0.15, 0.2) is 36.5 Å². The number of carboxylic acid groups (broad SMARTS) is 1. The molecule has 0 saturated carbocycles. The average Bonchev–Trinajstić information content (AvgIpc) is 3.28. The average molecular weight is 930 g/mol. The second kappa shape index (κ2) is 49.0. The number of hydrogen-bond acceptors (Lipinski definition) is 7. The molecular weight excluding hydrogens is 823 g/mol. The van der Waals surface area contributed by atoms with Crippen molar-refractivity contribution in [3.05, 3.63) is 36.5 Å². The molecule has 0 bridgehead atoms. The zero-order valence-electron chi connectivity index (χ0n) is 44.1. The van der Waals surface area contributed by atoms with Crippen LogP contribution in [-0.2, 0) is 28.6 Å². The zero-order chi connectivity index (χ0) is 48.4. The molecule has 0 aromatic heterocycles. The molecule has 386 valence electrons. The SMILES string of the molecule is CCCCC/C=C/C/C=C/C/C=C/CCCCCCCCCCCC(=O)OCC(COCCC(C(=O)[O-])[N+](C)(C)C)OC(=O)CCCCCCCCCCCCCCCCCCCCCC. The third kappa shape index (κ3) is 46.7. The molecule has 0 N–H and O–H groups in total. The van der Waals surface area contributed by atoms with Crippen LogP contribution < -0.4 is 5.11 Å². The van der Waals surface area contributed by atoms with Crippen molar-refractivity contribution < 1.29 is 38.2 Å². The van der Waals surface area contributed by atoms with Crippen molar-refractivity contribution in [1.82, 2.24) is 0 Å². The minimum absolute atomic E-state index is 0.0427. The summed E-state index contributed by atoms with van der Waals surface area (Å²) in [7, 11) is 5.43. The van der Waals surface area contributed by atoms with Crippen molar-refractivity contribution in [2.24, 2.45) is 0 Å². The quantitative estimate of drug-likeness (QED) is 0.0259. The number of rotatable bonds is 51. The molecule has 0 amide bonds. The second-order valence-electron chi connectivity index (χ2n) is 20.2. The van der Waals surface area contributed by atoms with Gasteiger partial charge in [0.05, 0.1) is 40.3 Å². The predicted molar refractivity (Wildman–Crippen MR) is 277 cm³/mol. The minimum atomic E-state index is -1.12. The van der Waals surface area contributed by atoms with Crippen LogP contribution in [0.2, 0.25) is 0 Å². The van der Waals surface area contributed by atoms with Gasteiger partial charge in [-0.25, -0.2) is 0 Å². The zero-order valence-corrected chi connectivity index (χ0v) is 44.1. The largest absolute Gasteiger partial charge is 0.544 e. The first-order valence-electron chi connectivity index (χ1n) is 28.0. The number of carboxylic acids is 1. The first kappa shape index (κ1) is 63.5. The Hall–Kier alpha value is -2.45. The van der Waals surface area contributed by atoms with Gasteiger partial charge in [-0.3, -0.25) is 9.59 Å². The standard InChI is InChI=1S/C58H107NO7/c1-6-8-10-12-14-16-18-20-22-24-26-28-29-31-32-34-36-38-40-42-44-46-48-56(60)65-53-54(52-64-51-50-55(58(62)63)59(3,4)5)66-57(61)49-47-45-43-41-39-37-35-33-30-27-25-23-21-19-17-15-13-11-9-7-2/h14,16,20,22,26,28,54-55H,6-13,15,17-19,21,23-25,27,29-53H2,1-5H3/b16-14+,22-20+,28-26+. The van der Waals surface area contributed by atoms with Crippen LogP contribution in [0.25, 0.3) is 0 Å². The van der Waals surface area contributed by atoms with E-state index < -0.39 is 18.1 Å². The molecule has 0 aliphatic rings. The second-order valence-corrected chi connectivity index (χ2v) is 20.2. The fourth-order valence-corrected chi connectivity index (χ4v) is 8.43. The van der Waals surface area contributed by atoms with E-state index in [1.807, 2.05) is 21.1 Å². The van der Waals surface area contributed by atoms with E-state index in [-0.39, 0.29) is 42.7 Å². The lowest BCUT2D eigenvalue weighted by molar-refractivity contribution is -0.889. The van der Waals surface area contributed by atoms with E-state index in [1.165, 1.54) is 180 Å². The molecule has 66 heavy (non-hydrogen) atoms. The van der Waals surface area contributed by atoms with Gasteiger partial charge in [-0.2, -0.15) is 0 Å². The monoisotopic (exact) mass is 930 g/mol. The van der Waals surface area contributed by atoms with Crippen LogP contribution in [-0.4, -0.2) is 75.5 Å². The summed E-state index contributed by atoms with van der Waals surface area (Å²) in [6.45, 7) is 4.68. The summed E-state index contributed by atoms with van der Waals surface area (Å²) in [5.41, 5.74) is 0. The molecule has 8 nitrogen and oxygen atoms in total. The number of aliphatic carboxylic acids is 1. The maximum Gasteiger partial charge on any atom is 0.306 e. The number of nitrogens with zero attached hydrogens (tertiary/aromatic N) is 1. The normalized spacial score (nSPS) is 13.0. The van der Waals surface area contributed by atoms with Crippen molar-refractivity contribution in [2.45, 2.75) is 276 Å². The molecular formula is C58H107NO7. The summed E-state index contributed by atoms with van der Waals surface area (Å²) in [4.78, 5) is 37.1. The Morgan fingerprint density at radius 1 is 0.455 bits per heavy atom. The molecule has 0 radical (unpaired) electrons. The van der Waals surface area contributed by atoms with Crippen molar-refractivity contribution in [2.75, 3.05) is 41.0 Å². The summed E-state index contributed by atoms with van der Waals surface area (Å²) < 4.78 is 17.3. The van der Waals surface area contributed by atoms with E-state index in [2.05, 4.69) is 50.3 Å². The molecule has 0 aromatic rings. The summed E-state index contributed by atoms with van der Waals surface area (Å²) >= 11 is 0. The lowest BCUT2D eigenvalue weighted by atomic mass is 10.0. The van der Waals surface area contributed by atoms with E-state index >= 15 is 0 Å². The number of hydrogen-bond donors (Lipinski definition) is 0. The Bertz CT molecular complexity index is 1170. The van der Waals surface area contributed by atoms with E-state index in [0.717, 1.165) is 51.4 Å².